The van der Waals surface area contributed by atoms with Crippen molar-refractivity contribution in [2.75, 3.05) is 18.4 Å². The maximum absolute atomic E-state index is 12.1. The normalized spacial score (nSPS) is 10.0. The van der Waals surface area contributed by atoms with Crippen LogP contribution in [0.2, 0.25) is 0 Å². The fourth-order valence-electron chi connectivity index (χ4n) is 2.19. The van der Waals surface area contributed by atoms with E-state index in [2.05, 4.69) is 11.9 Å². The van der Waals surface area contributed by atoms with Crippen molar-refractivity contribution in [3.63, 3.8) is 0 Å². The van der Waals surface area contributed by atoms with Crippen LogP contribution >= 0.6 is 0 Å². The molecule has 0 atom stereocenters. The molecule has 0 aliphatic carbocycles. The largest absolute Gasteiger partial charge is 0.330 e. The summed E-state index contributed by atoms with van der Waals surface area (Å²) in [5.41, 5.74) is 4.03. The van der Waals surface area contributed by atoms with Crippen LogP contribution in [0.25, 0.3) is 0 Å². The first-order valence-electron chi connectivity index (χ1n) is 6.59. The van der Waals surface area contributed by atoms with Crippen molar-refractivity contribution >= 4 is 17.5 Å². The topological polar surface area (TPSA) is 49.4 Å². The quantitative estimate of drug-likeness (QED) is 0.839. The fourth-order valence-corrected chi connectivity index (χ4v) is 2.19. The Bertz CT molecular complexity index is 512. The summed E-state index contributed by atoms with van der Waals surface area (Å²) in [4.78, 5) is 24.9. The summed E-state index contributed by atoms with van der Waals surface area (Å²) in [7, 11) is 0. The number of amides is 2. The minimum Gasteiger partial charge on any atom is -0.330 e. The van der Waals surface area contributed by atoms with Gasteiger partial charge in [-0.1, -0.05) is 23.8 Å². The molecule has 1 aromatic carbocycles. The first-order chi connectivity index (χ1) is 9.35. The van der Waals surface area contributed by atoms with Gasteiger partial charge in [-0.2, -0.15) is 0 Å². The van der Waals surface area contributed by atoms with Crippen molar-refractivity contribution in [1.29, 1.82) is 0 Å². The van der Waals surface area contributed by atoms with Gasteiger partial charge in [-0.05, 0) is 31.9 Å². The Balaban J connectivity index is 2.81. The standard InChI is InChI=1S/C16H22N2O2/c1-6-7-18(14(5)19)10-15(20)17-16-12(3)8-11(2)9-13(16)4/h6,8-9H,1,7,10H2,2-5H3,(H,17,20). The van der Waals surface area contributed by atoms with Crippen molar-refractivity contribution < 1.29 is 9.59 Å². The van der Waals surface area contributed by atoms with E-state index in [-0.39, 0.29) is 18.4 Å². The Labute approximate surface area is 120 Å². The third-order valence-electron chi connectivity index (χ3n) is 3.07. The molecule has 0 saturated heterocycles. The first-order valence-corrected chi connectivity index (χ1v) is 6.59. The molecule has 1 rings (SSSR count). The molecule has 0 aliphatic heterocycles. The second kappa shape index (κ2) is 6.89. The molecule has 4 nitrogen and oxygen atoms in total. The van der Waals surface area contributed by atoms with Gasteiger partial charge in [0.25, 0.3) is 0 Å². The van der Waals surface area contributed by atoms with Crippen LogP contribution in [0.3, 0.4) is 0 Å². The molecule has 20 heavy (non-hydrogen) atoms. The smallest absolute Gasteiger partial charge is 0.244 e. The van der Waals surface area contributed by atoms with E-state index >= 15 is 0 Å². The van der Waals surface area contributed by atoms with Gasteiger partial charge in [-0.3, -0.25) is 9.59 Å². The predicted octanol–water partition coefficient (Wildman–Crippen LogP) is 2.58. The van der Waals surface area contributed by atoms with Crippen LogP contribution < -0.4 is 5.32 Å². The van der Waals surface area contributed by atoms with Gasteiger partial charge in [0, 0.05) is 19.2 Å². The van der Waals surface area contributed by atoms with Crippen molar-refractivity contribution in [3.05, 3.63) is 41.5 Å². The van der Waals surface area contributed by atoms with E-state index < -0.39 is 0 Å². The minimum atomic E-state index is -0.197. The van der Waals surface area contributed by atoms with Crippen LogP contribution in [0.15, 0.2) is 24.8 Å². The van der Waals surface area contributed by atoms with E-state index in [9.17, 15) is 9.59 Å². The molecule has 0 saturated carbocycles. The maximum atomic E-state index is 12.1. The molecule has 1 N–H and O–H groups in total. The van der Waals surface area contributed by atoms with Gasteiger partial charge < -0.3 is 10.2 Å². The van der Waals surface area contributed by atoms with E-state index in [1.807, 2.05) is 32.9 Å². The average Bonchev–Trinajstić information content (AvgIpc) is 2.33. The maximum Gasteiger partial charge on any atom is 0.244 e. The molecule has 2 amide bonds. The predicted molar refractivity (Wildman–Crippen MR) is 81.7 cm³/mol. The first kappa shape index (κ1) is 16.0. The summed E-state index contributed by atoms with van der Waals surface area (Å²) < 4.78 is 0. The molecular formula is C16H22N2O2. The monoisotopic (exact) mass is 274 g/mol. The van der Waals surface area contributed by atoms with E-state index in [0.717, 1.165) is 22.4 Å². The summed E-state index contributed by atoms with van der Waals surface area (Å²) in [5.74, 6) is -0.338. The minimum absolute atomic E-state index is 0.0358. The Morgan fingerprint density at radius 3 is 2.25 bits per heavy atom. The van der Waals surface area contributed by atoms with Gasteiger partial charge >= 0.3 is 0 Å². The number of nitrogens with zero attached hydrogens (tertiary/aromatic N) is 1. The van der Waals surface area contributed by atoms with Crippen LogP contribution in [0.5, 0.6) is 0 Å². The number of benzene rings is 1. The molecule has 0 heterocycles. The summed E-state index contributed by atoms with van der Waals surface area (Å²) in [6.07, 6.45) is 1.61. The van der Waals surface area contributed by atoms with E-state index in [1.165, 1.54) is 11.8 Å². The number of carbonyl (C=O) groups is 2. The summed E-state index contributed by atoms with van der Waals surface area (Å²) >= 11 is 0. The van der Waals surface area contributed by atoms with Gasteiger partial charge in [0.05, 0.1) is 0 Å². The highest BCUT2D eigenvalue weighted by molar-refractivity contribution is 5.95. The van der Waals surface area contributed by atoms with Crippen LogP contribution in [-0.4, -0.2) is 29.8 Å². The van der Waals surface area contributed by atoms with Gasteiger partial charge in [-0.15, -0.1) is 6.58 Å². The lowest BCUT2D eigenvalue weighted by atomic mass is 10.1. The molecular weight excluding hydrogens is 252 g/mol. The Morgan fingerprint density at radius 2 is 1.80 bits per heavy atom. The lowest BCUT2D eigenvalue weighted by Gasteiger charge is -2.19. The van der Waals surface area contributed by atoms with Crippen molar-refractivity contribution in [1.82, 2.24) is 4.90 Å². The average molecular weight is 274 g/mol. The number of hydrogen-bond acceptors (Lipinski definition) is 2. The Kier molecular flexibility index (Phi) is 5.50. The van der Waals surface area contributed by atoms with Crippen LogP contribution in [-0.2, 0) is 9.59 Å². The molecule has 0 radical (unpaired) electrons. The second-order valence-corrected chi connectivity index (χ2v) is 5.01. The number of rotatable bonds is 5. The van der Waals surface area contributed by atoms with Crippen molar-refractivity contribution in [2.24, 2.45) is 0 Å². The molecule has 0 aromatic heterocycles. The number of carbonyl (C=O) groups excluding carboxylic acids is 2. The number of anilines is 1. The molecule has 108 valence electrons. The highest BCUT2D eigenvalue weighted by Crippen LogP contribution is 2.21. The Hall–Kier alpha value is -2.10. The van der Waals surface area contributed by atoms with Gasteiger partial charge in [0.15, 0.2) is 0 Å². The number of nitrogens with one attached hydrogen (secondary N) is 1. The van der Waals surface area contributed by atoms with Crippen LogP contribution in [0, 0.1) is 20.8 Å². The molecule has 0 unspecified atom stereocenters. The van der Waals surface area contributed by atoms with E-state index in [0.29, 0.717) is 6.54 Å². The van der Waals surface area contributed by atoms with Crippen LogP contribution in [0.1, 0.15) is 23.6 Å². The highest BCUT2D eigenvalue weighted by Gasteiger charge is 2.14. The summed E-state index contributed by atoms with van der Waals surface area (Å²) in [6, 6.07) is 4.05. The van der Waals surface area contributed by atoms with E-state index in [4.69, 9.17) is 0 Å². The van der Waals surface area contributed by atoms with E-state index in [1.54, 1.807) is 6.08 Å². The van der Waals surface area contributed by atoms with Gasteiger partial charge in [-0.25, -0.2) is 0 Å². The highest BCUT2D eigenvalue weighted by atomic mass is 16.2. The molecule has 4 heteroatoms. The SMILES string of the molecule is C=CCN(CC(=O)Nc1c(C)cc(C)cc1C)C(C)=O. The fraction of sp³-hybridized carbons (Fsp3) is 0.375. The third-order valence-corrected chi connectivity index (χ3v) is 3.07. The molecule has 0 bridgehead atoms. The third kappa shape index (κ3) is 4.23. The molecule has 0 aliphatic rings. The zero-order valence-corrected chi connectivity index (χ0v) is 12.6. The lowest BCUT2D eigenvalue weighted by Crippen LogP contribution is -2.36. The molecule has 0 fully saturated rings. The number of aryl methyl sites for hydroxylation is 3. The van der Waals surface area contributed by atoms with Crippen molar-refractivity contribution in [2.45, 2.75) is 27.7 Å². The molecule has 1 aromatic rings. The lowest BCUT2D eigenvalue weighted by molar-refractivity contribution is -0.132. The zero-order chi connectivity index (χ0) is 15.3. The summed E-state index contributed by atoms with van der Waals surface area (Å²) in [5, 5.41) is 2.88. The second-order valence-electron chi connectivity index (χ2n) is 5.01. The number of hydrogen-bond donors (Lipinski definition) is 1. The van der Waals surface area contributed by atoms with Gasteiger partial charge in [0.1, 0.15) is 6.54 Å². The van der Waals surface area contributed by atoms with Crippen LogP contribution in [0.4, 0.5) is 5.69 Å². The zero-order valence-electron chi connectivity index (χ0n) is 12.6. The molecule has 0 spiro atoms. The Morgan fingerprint density at radius 1 is 1.25 bits per heavy atom. The summed E-state index contributed by atoms with van der Waals surface area (Å²) in [6.45, 7) is 11.4. The van der Waals surface area contributed by atoms with Crippen molar-refractivity contribution in [3.8, 4) is 0 Å². The van der Waals surface area contributed by atoms with Gasteiger partial charge in [0.2, 0.25) is 11.8 Å².